The molecule has 0 spiro atoms. The van der Waals surface area contributed by atoms with E-state index in [1.165, 1.54) is 6.26 Å². The standard InChI is InChI=1S/C11H7NO2.O3/c13-11-12-9(7-14-11)6-5-8-3-1-2-4-10(8)12;1-3-2/h1-7H;. The Bertz CT molecular complexity index is 712. The van der Waals surface area contributed by atoms with Gasteiger partial charge in [0.2, 0.25) is 0 Å². The van der Waals surface area contributed by atoms with Gasteiger partial charge in [-0.15, -0.1) is 0 Å². The number of pyridine rings is 1. The second-order valence-corrected chi connectivity index (χ2v) is 3.22. The SMILES string of the molecule is O=[O+][O-].O=c1occ2ccc3ccccc3n12. The fraction of sp³-hybridized carbons (Fsp3) is 0. The molecule has 0 N–H and O–H groups in total. The largest absolute Gasteiger partial charge is 0.424 e. The van der Waals surface area contributed by atoms with Crippen LogP contribution in [-0.4, -0.2) is 4.40 Å². The van der Waals surface area contributed by atoms with Gasteiger partial charge in [0.25, 0.3) is 0 Å². The van der Waals surface area contributed by atoms with E-state index in [2.05, 4.69) is 0 Å². The van der Waals surface area contributed by atoms with E-state index >= 15 is 0 Å². The van der Waals surface area contributed by atoms with Crippen molar-refractivity contribution >= 4 is 16.4 Å². The Kier molecular flexibility index (Phi) is 2.87. The molecule has 0 aliphatic rings. The number of nitrogens with zero attached hydrogens (tertiary/aromatic N) is 1. The van der Waals surface area contributed by atoms with Crippen molar-refractivity contribution in [3.63, 3.8) is 0 Å². The van der Waals surface area contributed by atoms with Crippen molar-refractivity contribution < 1.29 is 9.67 Å². The number of hydrogen-bond donors (Lipinski definition) is 0. The lowest BCUT2D eigenvalue weighted by molar-refractivity contribution is -0.284. The molecule has 2 aromatic heterocycles. The minimum Gasteiger partial charge on any atom is -0.415 e. The third-order valence-electron chi connectivity index (χ3n) is 2.33. The monoisotopic (exact) mass is 233 g/mol. The number of fused-ring (bicyclic) bond motifs is 3. The van der Waals surface area contributed by atoms with Crippen molar-refractivity contribution in [2.75, 3.05) is 0 Å². The first-order valence-corrected chi connectivity index (χ1v) is 4.67. The van der Waals surface area contributed by atoms with Crippen LogP contribution < -0.4 is 11.0 Å². The van der Waals surface area contributed by atoms with Crippen LogP contribution in [0.1, 0.15) is 0 Å². The topological polar surface area (TPSA) is 86.0 Å². The minimum absolute atomic E-state index is 0.336. The lowest BCUT2D eigenvalue weighted by Gasteiger charge is -1.98. The van der Waals surface area contributed by atoms with Gasteiger partial charge < -0.3 is 4.42 Å². The molecule has 0 radical (unpaired) electrons. The molecule has 6 heteroatoms. The van der Waals surface area contributed by atoms with E-state index in [1.807, 2.05) is 36.4 Å². The van der Waals surface area contributed by atoms with Gasteiger partial charge >= 0.3 is 5.76 Å². The summed E-state index contributed by atoms with van der Waals surface area (Å²) in [4.78, 5) is 19.3. The molecule has 0 atom stereocenters. The number of aromatic nitrogens is 1. The quantitative estimate of drug-likeness (QED) is 0.328. The number of rotatable bonds is 0. The van der Waals surface area contributed by atoms with Crippen LogP contribution in [0.5, 0.6) is 0 Å². The molecule has 2 heterocycles. The van der Waals surface area contributed by atoms with E-state index in [0.717, 1.165) is 16.4 Å². The van der Waals surface area contributed by atoms with E-state index in [-0.39, 0.29) is 5.76 Å². The molecule has 0 saturated heterocycles. The van der Waals surface area contributed by atoms with Gasteiger partial charge in [0.1, 0.15) is 6.26 Å². The van der Waals surface area contributed by atoms with Gasteiger partial charge in [-0.05, 0) is 17.5 Å². The molecular weight excluding hydrogens is 226 g/mol. The molecule has 86 valence electrons. The number of para-hydroxylation sites is 1. The zero-order chi connectivity index (χ0) is 12.3. The summed E-state index contributed by atoms with van der Waals surface area (Å²) in [6.07, 6.45) is 1.47. The summed E-state index contributed by atoms with van der Waals surface area (Å²) in [5.74, 6) is -0.336. The van der Waals surface area contributed by atoms with E-state index < -0.39 is 0 Å². The van der Waals surface area contributed by atoms with Gasteiger partial charge in [-0.3, -0.25) is 0 Å². The molecule has 3 aromatic rings. The van der Waals surface area contributed by atoms with Crippen LogP contribution in [0.15, 0.2) is 51.9 Å². The molecule has 0 aliphatic heterocycles. The Hall–Kier alpha value is -2.63. The maximum absolute atomic E-state index is 11.4. The van der Waals surface area contributed by atoms with E-state index in [9.17, 15) is 4.79 Å². The van der Waals surface area contributed by atoms with E-state index in [4.69, 9.17) is 14.6 Å². The number of benzene rings is 1. The second kappa shape index (κ2) is 4.48. The van der Waals surface area contributed by atoms with Crippen molar-refractivity contribution in [1.29, 1.82) is 0 Å². The summed E-state index contributed by atoms with van der Waals surface area (Å²) in [7, 11) is 0. The fourth-order valence-corrected chi connectivity index (χ4v) is 1.68. The molecule has 1 aromatic carbocycles. The Morgan fingerprint density at radius 1 is 1.18 bits per heavy atom. The Morgan fingerprint density at radius 3 is 2.65 bits per heavy atom. The van der Waals surface area contributed by atoms with Gasteiger partial charge in [0.15, 0.2) is 4.75 Å². The molecule has 0 fully saturated rings. The first kappa shape index (κ1) is 10.9. The first-order valence-electron chi connectivity index (χ1n) is 4.67. The first-order chi connectivity index (χ1) is 8.27. The summed E-state index contributed by atoms with van der Waals surface area (Å²) in [6.45, 7) is 0. The number of hydrogen-bond acceptors (Lipinski definition) is 4. The fourth-order valence-electron chi connectivity index (χ4n) is 1.68. The van der Waals surface area contributed by atoms with Gasteiger partial charge in [-0.1, -0.05) is 34.5 Å². The lowest BCUT2D eigenvalue weighted by atomic mass is 10.2. The predicted molar refractivity (Wildman–Crippen MR) is 60.2 cm³/mol. The normalized spacial score (nSPS) is 9.88. The van der Waals surface area contributed by atoms with Crippen LogP contribution in [-0.2, 0) is 0 Å². The summed E-state index contributed by atoms with van der Waals surface area (Å²) < 4.78 is 8.15. The minimum atomic E-state index is -0.336. The molecule has 0 amide bonds. The van der Waals surface area contributed by atoms with Crippen LogP contribution in [0, 0.1) is 9.71 Å². The summed E-state index contributed by atoms with van der Waals surface area (Å²) in [6, 6.07) is 11.6. The highest BCUT2D eigenvalue weighted by molar-refractivity contribution is 5.82. The number of oxazole rings is 1. The summed E-state index contributed by atoms with van der Waals surface area (Å²) in [5.41, 5.74) is 1.66. The molecule has 3 rings (SSSR count). The smallest absolute Gasteiger partial charge is 0.415 e. The maximum atomic E-state index is 11.4. The lowest BCUT2D eigenvalue weighted by Crippen LogP contribution is -2.05. The molecule has 17 heavy (non-hydrogen) atoms. The maximum Gasteiger partial charge on any atom is 0.424 e. The van der Waals surface area contributed by atoms with Crippen molar-refractivity contribution in [2.45, 2.75) is 0 Å². The van der Waals surface area contributed by atoms with E-state index in [0.29, 0.717) is 0 Å². The van der Waals surface area contributed by atoms with Crippen molar-refractivity contribution in [1.82, 2.24) is 4.40 Å². The summed E-state index contributed by atoms with van der Waals surface area (Å²) >= 11 is 0. The third-order valence-corrected chi connectivity index (χ3v) is 2.33. The zero-order valence-electron chi connectivity index (χ0n) is 8.53. The summed E-state index contributed by atoms with van der Waals surface area (Å²) in [5, 5.41) is 8.91. The third kappa shape index (κ3) is 1.87. The Labute approximate surface area is 94.2 Å². The molecule has 0 bridgehead atoms. The van der Waals surface area contributed by atoms with Crippen LogP contribution in [0.2, 0.25) is 0 Å². The van der Waals surface area contributed by atoms with Crippen LogP contribution in [0.4, 0.5) is 0 Å². The van der Waals surface area contributed by atoms with Gasteiger partial charge in [0.05, 0.1) is 11.0 Å². The van der Waals surface area contributed by atoms with E-state index in [1.54, 1.807) is 9.15 Å². The second-order valence-electron chi connectivity index (χ2n) is 3.22. The Balaban J connectivity index is 0.000000329. The molecule has 0 aliphatic carbocycles. The molecule has 6 nitrogen and oxygen atoms in total. The predicted octanol–water partition coefficient (Wildman–Crippen LogP) is 0.924. The highest BCUT2D eigenvalue weighted by atomic mass is 17.2. The van der Waals surface area contributed by atoms with Gasteiger partial charge in [-0.25, -0.2) is 9.20 Å². The van der Waals surface area contributed by atoms with Crippen molar-refractivity contribution in [3.8, 4) is 0 Å². The van der Waals surface area contributed by atoms with Gasteiger partial charge in [0, 0.05) is 0 Å². The molecule has 0 unspecified atom stereocenters. The van der Waals surface area contributed by atoms with Crippen molar-refractivity contribution in [3.05, 3.63) is 62.9 Å². The molecular formula is C11H7NO5. The average Bonchev–Trinajstić information content (AvgIpc) is 2.73. The van der Waals surface area contributed by atoms with Crippen LogP contribution in [0.25, 0.3) is 16.4 Å². The average molecular weight is 233 g/mol. The molecule has 0 saturated carbocycles. The van der Waals surface area contributed by atoms with Crippen LogP contribution >= 0.6 is 0 Å². The highest BCUT2D eigenvalue weighted by Gasteiger charge is 2.03. The zero-order valence-corrected chi connectivity index (χ0v) is 8.53. The van der Waals surface area contributed by atoms with Crippen LogP contribution in [0.3, 0.4) is 0 Å². The van der Waals surface area contributed by atoms with Crippen molar-refractivity contribution in [2.24, 2.45) is 0 Å². The Morgan fingerprint density at radius 2 is 1.88 bits per heavy atom. The van der Waals surface area contributed by atoms with Gasteiger partial charge in [-0.2, -0.15) is 0 Å². The highest BCUT2D eigenvalue weighted by Crippen LogP contribution is 2.14.